The third-order valence-corrected chi connectivity index (χ3v) is 4.46. The van der Waals surface area contributed by atoms with Crippen LogP contribution in [0.25, 0.3) is 0 Å². The maximum Gasteiger partial charge on any atom is 0.0501 e. The second-order valence-electron chi connectivity index (χ2n) is 8.75. The molecule has 0 fully saturated rings. The van der Waals surface area contributed by atoms with Gasteiger partial charge in [0.2, 0.25) is 0 Å². The molecule has 32 heavy (non-hydrogen) atoms. The SMILES string of the molecule is C/C=N/O.CC.CC.CC(=N)C(C)(C)NCCC(CCN)CCNC(C)(C)C.CCCC. The van der Waals surface area contributed by atoms with E-state index in [9.17, 15) is 0 Å². The van der Waals surface area contributed by atoms with E-state index in [1.807, 2.05) is 34.6 Å². The van der Waals surface area contributed by atoms with Gasteiger partial charge in [-0.05, 0) is 93.3 Å². The monoisotopic (exact) mass is 462 g/mol. The Kier molecular flexibility index (Phi) is 38.7. The van der Waals surface area contributed by atoms with Gasteiger partial charge in [-0.1, -0.05) is 54.4 Å². The molecule has 0 saturated heterocycles. The maximum atomic E-state index is 7.75. The normalized spacial score (nSPS) is 11.4. The Hall–Kier alpha value is -0.980. The Morgan fingerprint density at radius 3 is 1.56 bits per heavy atom. The summed E-state index contributed by atoms with van der Waals surface area (Å²) in [6, 6.07) is 0. The summed E-state index contributed by atoms with van der Waals surface area (Å²) in [6.07, 6.45) is 7.32. The van der Waals surface area contributed by atoms with Crippen LogP contribution in [0.1, 0.15) is 122 Å². The molecule has 0 spiro atoms. The fourth-order valence-corrected chi connectivity index (χ4v) is 2.04. The molecule has 0 heterocycles. The van der Waals surface area contributed by atoms with Crippen molar-refractivity contribution in [2.45, 2.75) is 133 Å². The number of nitrogens with zero attached hydrogens (tertiary/aromatic N) is 1. The molecule has 198 valence electrons. The molecular formula is C26H63N5O. The summed E-state index contributed by atoms with van der Waals surface area (Å²) in [7, 11) is 0. The van der Waals surface area contributed by atoms with Crippen LogP contribution in [0.2, 0.25) is 0 Å². The van der Waals surface area contributed by atoms with Gasteiger partial charge in [0.25, 0.3) is 0 Å². The van der Waals surface area contributed by atoms with Crippen molar-refractivity contribution in [2.75, 3.05) is 19.6 Å². The molecule has 0 rings (SSSR count). The Balaban J connectivity index is -0.000000168. The minimum absolute atomic E-state index is 0.185. The van der Waals surface area contributed by atoms with Gasteiger partial charge in [0.15, 0.2) is 0 Å². The van der Waals surface area contributed by atoms with Crippen molar-refractivity contribution in [3.05, 3.63) is 0 Å². The molecule has 6 N–H and O–H groups in total. The minimum Gasteiger partial charge on any atom is -0.411 e. The van der Waals surface area contributed by atoms with Crippen molar-refractivity contribution in [1.29, 1.82) is 5.41 Å². The lowest BCUT2D eigenvalue weighted by atomic mass is 9.95. The quantitative estimate of drug-likeness (QED) is 0.132. The summed E-state index contributed by atoms with van der Waals surface area (Å²) < 4.78 is 0. The average Bonchev–Trinajstić information content (AvgIpc) is 2.75. The fourth-order valence-electron chi connectivity index (χ4n) is 2.04. The Labute approximate surface area is 203 Å². The van der Waals surface area contributed by atoms with Crippen molar-refractivity contribution >= 4 is 11.9 Å². The molecule has 6 heteroatoms. The molecule has 0 amide bonds. The zero-order chi connectivity index (χ0) is 26.6. The topological polar surface area (TPSA) is 107 Å². The molecular weight excluding hydrogens is 398 g/mol. The number of nitrogens with one attached hydrogen (secondary N) is 3. The summed E-state index contributed by atoms with van der Waals surface area (Å²) in [6.45, 7) is 29.3. The van der Waals surface area contributed by atoms with Gasteiger partial charge in [0.1, 0.15) is 0 Å². The Morgan fingerprint density at radius 1 is 0.938 bits per heavy atom. The van der Waals surface area contributed by atoms with Crippen LogP contribution in [0.4, 0.5) is 0 Å². The third kappa shape index (κ3) is 39.5. The van der Waals surface area contributed by atoms with Crippen molar-refractivity contribution < 1.29 is 5.21 Å². The van der Waals surface area contributed by atoms with Gasteiger partial charge >= 0.3 is 0 Å². The van der Waals surface area contributed by atoms with Crippen LogP contribution in [0.3, 0.4) is 0 Å². The number of hydrogen-bond acceptors (Lipinski definition) is 6. The lowest BCUT2D eigenvalue weighted by molar-refractivity contribution is 0.321. The Morgan fingerprint density at radius 2 is 1.31 bits per heavy atom. The second kappa shape index (κ2) is 30.0. The summed E-state index contributed by atoms with van der Waals surface area (Å²) in [5, 5.41) is 24.8. The molecule has 0 bridgehead atoms. The molecule has 1 unspecified atom stereocenters. The van der Waals surface area contributed by atoms with Crippen LogP contribution in [0.15, 0.2) is 5.16 Å². The Bertz CT molecular complexity index is 371. The van der Waals surface area contributed by atoms with Gasteiger partial charge in [-0.2, -0.15) is 0 Å². The van der Waals surface area contributed by atoms with Crippen molar-refractivity contribution in [2.24, 2.45) is 16.8 Å². The van der Waals surface area contributed by atoms with E-state index >= 15 is 0 Å². The van der Waals surface area contributed by atoms with E-state index in [1.54, 1.807) is 6.92 Å². The van der Waals surface area contributed by atoms with Gasteiger partial charge in [0, 0.05) is 17.5 Å². The highest BCUT2D eigenvalue weighted by atomic mass is 16.4. The smallest absolute Gasteiger partial charge is 0.0501 e. The first-order valence-electron chi connectivity index (χ1n) is 12.8. The van der Waals surface area contributed by atoms with Crippen LogP contribution in [0.5, 0.6) is 0 Å². The van der Waals surface area contributed by atoms with E-state index in [-0.39, 0.29) is 11.1 Å². The minimum atomic E-state index is -0.197. The zero-order valence-corrected chi connectivity index (χ0v) is 24.3. The number of oxime groups is 1. The van der Waals surface area contributed by atoms with E-state index in [4.69, 9.17) is 16.4 Å². The molecule has 0 aliphatic carbocycles. The maximum absolute atomic E-state index is 7.75. The molecule has 0 aliphatic rings. The van der Waals surface area contributed by atoms with Crippen molar-refractivity contribution in [3.63, 3.8) is 0 Å². The van der Waals surface area contributed by atoms with Crippen molar-refractivity contribution in [3.8, 4) is 0 Å². The van der Waals surface area contributed by atoms with E-state index in [2.05, 4.69) is 64.3 Å². The van der Waals surface area contributed by atoms with E-state index in [0.717, 1.165) is 32.5 Å². The molecule has 0 aromatic carbocycles. The van der Waals surface area contributed by atoms with E-state index in [0.29, 0.717) is 11.6 Å². The highest BCUT2D eigenvalue weighted by Crippen LogP contribution is 2.14. The molecule has 0 aliphatic heterocycles. The van der Waals surface area contributed by atoms with Crippen LogP contribution in [0, 0.1) is 11.3 Å². The van der Waals surface area contributed by atoms with Crippen LogP contribution < -0.4 is 16.4 Å². The summed E-state index contributed by atoms with van der Waals surface area (Å²) in [4.78, 5) is 0. The number of rotatable bonds is 11. The number of nitrogens with two attached hydrogens (primary N) is 1. The zero-order valence-electron chi connectivity index (χ0n) is 24.3. The first-order chi connectivity index (χ1) is 14.9. The lowest BCUT2D eigenvalue weighted by Crippen LogP contribution is -2.46. The summed E-state index contributed by atoms with van der Waals surface area (Å²) in [5.74, 6) is 0.657. The first-order valence-corrected chi connectivity index (χ1v) is 12.8. The lowest BCUT2D eigenvalue weighted by Gasteiger charge is -2.27. The van der Waals surface area contributed by atoms with Crippen LogP contribution in [-0.2, 0) is 0 Å². The van der Waals surface area contributed by atoms with Gasteiger partial charge in [-0.25, -0.2) is 0 Å². The van der Waals surface area contributed by atoms with Gasteiger partial charge in [-0.15, -0.1) is 5.16 Å². The van der Waals surface area contributed by atoms with Gasteiger partial charge in [-0.3, -0.25) is 0 Å². The number of unbranched alkanes of at least 4 members (excludes halogenated alkanes) is 1. The third-order valence-electron chi connectivity index (χ3n) is 4.46. The summed E-state index contributed by atoms with van der Waals surface area (Å²) in [5.41, 5.74) is 6.39. The predicted octanol–water partition coefficient (Wildman–Crippen LogP) is 6.85. The second-order valence-corrected chi connectivity index (χ2v) is 8.75. The largest absolute Gasteiger partial charge is 0.411 e. The standard InChI is InChI=1S/C16H36N4.C4H10.C2H5NO.2C2H6/c1-13(18)16(5,6)20-12-9-14(7-10-17)8-11-19-15(2,3)4;1-3-4-2;1-2-3-4;2*1-2/h14,18-20H,7-12,17H2,1-6H3;3-4H2,1-2H3;2,4H,1H3;2*1-2H3/b;;3-2+;;. The fraction of sp³-hybridized carbons (Fsp3) is 0.923. The molecule has 0 saturated carbocycles. The van der Waals surface area contributed by atoms with Gasteiger partial charge in [0.05, 0.1) is 5.54 Å². The predicted molar refractivity (Wildman–Crippen MR) is 149 cm³/mol. The highest BCUT2D eigenvalue weighted by Gasteiger charge is 2.19. The highest BCUT2D eigenvalue weighted by molar-refractivity contribution is 5.87. The van der Waals surface area contributed by atoms with E-state index < -0.39 is 0 Å². The van der Waals surface area contributed by atoms with Crippen LogP contribution >= 0.6 is 0 Å². The van der Waals surface area contributed by atoms with Gasteiger partial charge < -0.3 is 27.0 Å². The molecule has 1 atom stereocenters. The molecule has 0 aromatic rings. The van der Waals surface area contributed by atoms with Crippen molar-refractivity contribution in [1.82, 2.24) is 10.6 Å². The molecule has 0 aromatic heterocycles. The summed E-state index contributed by atoms with van der Waals surface area (Å²) >= 11 is 0. The first kappa shape index (κ1) is 41.3. The molecule has 0 radical (unpaired) electrons. The molecule has 6 nitrogen and oxygen atoms in total. The van der Waals surface area contributed by atoms with Crippen LogP contribution in [-0.4, -0.2) is 47.8 Å². The van der Waals surface area contributed by atoms with E-state index in [1.165, 1.54) is 25.5 Å². The number of hydrogen-bond donors (Lipinski definition) is 5. The average molecular weight is 462 g/mol.